The number of carbonyl (C=O) groups is 2. The van der Waals surface area contributed by atoms with Crippen LogP contribution in [-0.4, -0.2) is 41.9 Å². The van der Waals surface area contributed by atoms with Crippen molar-refractivity contribution in [2.45, 2.75) is 51.2 Å². The molecule has 0 radical (unpaired) electrons. The van der Waals surface area contributed by atoms with Crippen LogP contribution in [0.5, 0.6) is 0 Å². The number of nitrogens with one attached hydrogen (secondary N) is 2. The zero-order chi connectivity index (χ0) is 13.6. The highest BCUT2D eigenvalue weighted by Gasteiger charge is 2.51. The van der Waals surface area contributed by atoms with E-state index in [2.05, 4.69) is 10.6 Å². The van der Waals surface area contributed by atoms with Crippen molar-refractivity contribution >= 4 is 12.0 Å². The smallest absolute Gasteiger partial charge is 0.329 e. The van der Waals surface area contributed by atoms with E-state index in [1.54, 1.807) is 0 Å². The van der Waals surface area contributed by atoms with Gasteiger partial charge in [-0.3, -0.25) is 0 Å². The first kappa shape index (κ1) is 14.8. The van der Waals surface area contributed by atoms with Gasteiger partial charge in [-0.05, 0) is 39.5 Å². The number of carbonyl (C=O) groups excluding carboxylic acids is 1. The molecule has 0 heterocycles. The Morgan fingerprint density at radius 1 is 1.33 bits per heavy atom. The van der Waals surface area contributed by atoms with Crippen molar-refractivity contribution in [1.29, 1.82) is 0 Å². The molecule has 0 bridgehead atoms. The number of amides is 2. The van der Waals surface area contributed by atoms with Crippen LogP contribution in [-0.2, 0) is 9.53 Å². The number of unbranched alkanes of at least 4 members (excludes halogenated alkanes) is 1. The SMILES string of the molecule is CC(C)OCCCCNC(=O)NC1(C(=O)O)CC1. The zero-order valence-electron chi connectivity index (χ0n) is 11.0. The van der Waals surface area contributed by atoms with E-state index in [9.17, 15) is 9.59 Å². The lowest BCUT2D eigenvalue weighted by Gasteiger charge is -2.13. The molecule has 0 aliphatic heterocycles. The molecule has 0 unspecified atom stereocenters. The molecule has 1 fully saturated rings. The summed E-state index contributed by atoms with van der Waals surface area (Å²) in [5.41, 5.74) is -1.01. The van der Waals surface area contributed by atoms with Gasteiger partial charge >= 0.3 is 12.0 Å². The molecule has 0 spiro atoms. The first-order valence-corrected chi connectivity index (χ1v) is 6.37. The number of hydrogen-bond acceptors (Lipinski definition) is 3. The summed E-state index contributed by atoms with van der Waals surface area (Å²) in [7, 11) is 0. The first-order chi connectivity index (χ1) is 8.46. The van der Waals surface area contributed by atoms with E-state index in [-0.39, 0.29) is 6.10 Å². The third kappa shape index (κ3) is 4.91. The Bertz CT molecular complexity index is 300. The average molecular weight is 258 g/mol. The third-order valence-corrected chi connectivity index (χ3v) is 2.82. The lowest BCUT2D eigenvalue weighted by molar-refractivity contribution is -0.140. The van der Waals surface area contributed by atoms with Crippen LogP contribution in [0.25, 0.3) is 0 Å². The molecule has 18 heavy (non-hydrogen) atoms. The molecule has 0 atom stereocenters. The quantitative estimate of drug-likeness (QED) is 0.569. The van der Waals surface area contributed by atoms with E-state index in [1.807, 2.05) is 13.8 Å². The standard InChI is InChI=1S/C12H22N2O4/c1-9(2)18-8-4-3-7-13-11(17)14-12(5-6-12)10(15)16/h9H,3-8H2,1-2H3,(H,15,16)(H2,13,14,17). The highest BCUT2D eigenvalue weighted by molar-refractivity contribution is 5.88. The maximum atomic E-state index is 11.4. The maximum absolute atomic E-state index is 11.4. The molecule has 2 amide bonds. The molecule has 104 valence electrons. The number of urea groups is 1. The highest BCUT2D eigenvalue weighted by atomic mass is 16.5. The second kappa shape index (κ2) is 6.58. The average Bonchev–Trinajstić information content (AvgIpc) is 3.03. The lowest BCUT2D eigenvalue weighted by Crippen LogP contribution is -2.48. The van der Waals surface area contributed by atoms with Crippen molar-refractivity contribution in [3.63, 3.8) is 0 Å². The molecule has 1 rings (SSSR count). The highest BCUT2D eigenvalue weighted by Crippen LogP contribution is 2.35. The molecule has 0 aromatic rings. The molecule has 1 saturated carbocycles. The van der Waals surface area contributed by atoms with Gasteiger partial charge in [0.25, 0.3) is 0 Å². The van der Waals surface area contributed by atoms with E-state index in [0.29, 0.717) is 26.0 Å². The van der Waals surface area contributed by atoms with Crippen LogP contribution in [0.1, 0.15) is 39.5 Å². The normalized spacial score (nSPS) is 16.4. The van der Waals surface area contributed by atoms with Crippen molar-refractivity contribution in [2.75, 3.05) is 13.2 Å². The van der Waals surface area contributed by atoms with Crippen LogP contribution in [0.15, 0.2) is 0 Å². The molecule has 6 heteroatoms. The van der Waals surface area contributed by atoms with E-state index in [0.717, 1.165) is 12.8 Å². The largest absolute Gasteiger partial charge is 0.480 e. The van der Waals surface area contributed by atoms with Crippen LogP contribution in [0.3, 0.4) is 0 Å². The van der Waals surface area contributed by atoms with Gasteiger partial charge in [0.15, 0.2) is 0 Å². The summed E-state index contributed by atoms with van der Waals surface area (Å²) in [5.74, 6) is -0.956. The molecule has 1 aliphatic carbocycles. The molecule has 1 aliphatic rings. The zero-order valence-corrected chi connectivity index (χ0v) is 11.0. The van der Waals surface area contributed by atoms with Gasteiger partial charge in [-0.2, -0.15) is 0 Å². The van der Waals surface area contributed by atoms with Crippen molar-refractivity contribution in [2.24, 2.45) is 0 Å². The van der Waals surface area contributed by atoms with Crippen molar-refractivity contribution in [1.82, 2.24) is 10.6 Å². The summed E-state index contributed by atoms with van der Waals surface area (Å²) in [6.45, 7) is 5.17. The molecular formula is C12H22N2O4. The van der Waals surface area contributed by atoms with Gasteiger partial charge in [-0.1, -0.05) is 0 Å². The van der Waals surface area contributed by atoms with Gasteiger partial charge in [-0.25, -0.2) is 9.59 Å². The van der Waals surface area contributed by atoms with Gasteiger partial charge in [0, 0.05) is 13.2 Å². The summed E-state index contributed by atoms with van der Waals surface area (Å²) in [6.07, 6.45) is 2.95. The Kier molecular flexibility index (Phi) is 5.40. The minimum atomic E-state index is -1.01. The van der Waals surface area contributed by atoms with Gasteiger partial charge < -0.3 is 20.5 Å². The van der Waals surface area contributed by atoms with E-state index < -0.39 is 17.5 Å². The summed E-state index contributed by atoms with van der Waals surface area (Å²) in [6, 6.07) is -0.403. The monoisotopic (exact) mass is 258 g/mol. The molecular weight excluding hydrogens is 236 g/mol. The molecule has 3 N–H and O–H groups in total. The van der Waals surface area contributed by atoms with Crippen LogP contribution in [0.2, 0.25) is 0 Å². The number of carboxylic acids is 1. The van der Waals surface area contributed by atoms with Gasteiger partial charge in [0.05, 0.1) is 6.10 Å². The summed E-state index contributed by atoms with van der Waals surface area (Å²) in [4.78, 5) is 22.3. The van der Waals surface area contributed by atoms with Crippen LogP contribution >= 0.6 is 0 Å². The molecule has 0 aromatic heterocycles. The van der Waals surface area contributed by atoms with Crippen molar-refractivity contribution in [3.05, 3.63) is 0 Å². The minimum absolute atomic E-state index is 0.228. The second-order valence-corrected chi connectivity index (χ2v) is 4.89. The van der Waals surface area contributed by atoms with Gasteiger partial charge in [0.2, 0.25) is 0 Å². The lowest BCUT2D eigenvalue weighted by atomic mass is 10.3. The Morgan fingerprint density at radius 2 is 2.00 bits per heavy atom. The Morgan fingerprint density at radius 3 is 2.50 bits per heavy atom. The van der Waals surface area contributed by atoms with Crippen LogP contribution in [0.4, 0.5) is 4.79 Å². The summed E-state index contributed by atoms with van der Waals surface area (Å²) in [5, 5.41) is 14.0. The van der Waals surface area contributed by atoms with Crippen molar-refractivity contribution < 1.29 is 19.4 Å². The molecule has 0 saturated heterocycles. The first-order valence-electron chi connectivity index (χ1n) is 6.37. The van der Waals surface area contributed by atoms with Crippen LogP contribution < -0.4 is 10.6 Å². The Balaban J connectivity index is 2.03. The van der Waals surface area contributed by atoms with E-state index in [4.69, 9.17) is 9.84 Å². The fraction of sp³-hybridized carbons (Fsp3) is 0.833. The van der Waals surface area contributed by atoms with Crippen LogP contribution in [0, 0.1) is 0 Å². The third-order valence-electron chi connectivity index (χ3n) is 2.82. The predicted molar refractivity (Wildman–Crippen MR) is 66.5 cm³/mol. The predicted octanol–water partition coefficient (Wildman–Crippen LogP) is 1.11. The summed E-state index contributed by atoms with van der Waals surface area (Å²) < 4.78 is 5.36. The maximum Gasteiger partial charge on any atom is 0.329 e. The van der Waals surface area contributed by atoms with E-state index in [1.165, 1.54) is 0 Å². The number of aliphatic carboxylic acids is 1. The Hall–Kier alpha value is -1.30. The fourth-order valence-corrected chi connectivity index (χ4v) is 1.53. The number of carboxylic acid groups (broad SMARTS) is 1. The fourth-order valence-electron chi connectivity index (χ4n) is 1.53. The van der Waals surface area contributed by atoms with E-state index >= 15 is 0 Å². The second-order valence-electron chi connectivity index (χ2n) is 4.89. The minimum Gasteiger partial charge on any atom is -0.480 e. The number of hydrogen-bond donors (Lipinski definition) is 3. The molecule has 0 aromatic carbocycles. The van der Waals surface area contributed by atoms with Crippen molar-refractivity contribution in [3.8, 4) is 0 Å². The number of ether oxygens (including phenoxy) is 1. The van der Waals surface area contributed by atoms with Gasteiger partial charge in [-0.15, -0.1) is 0 Å². The topological polar surface area (TPSA) is 87.7 Å². The molecule has 6 nitrogen and oxygen atoms in total. The van der Waals surface area contributed by atoms with Gasteiger partial charge in [0.1, 0.15) is 5.54 Å². The number of rotatable bonds is 8. The summed E-state index contributed by atoms with van der Waals surface area (Å²) >= 11 is 0. The Labute approximate surface area is 107 Å².